The van der Waals surface area contributed by atoms with Crippen LogP contribution in [0.2, 0.25) is 5.02 Å². The van der Waals surface area contributed by atoms with Crippen LogP contribution in [-0.4, -0.2) is 40.8 Å². The fourth-order valence-electron chi connectivity index (χ4n) is 3.73. The van der Waals surface area contributed by atoms with Gasteiger partial charge in [0.05, 0.1) is 10.5 Å². The van der Waals surface area contributed by atoms with Crippen molar-refractivity contribution in [1.29, 1.82) is 0 Å². The molecule has 1 spiro atoms. The number of carbonyl (C=O) groups is 2. The van der Waals surface area contributed by atoms with Crippen molar-refractivity contribution >= 4 is 34.3 Å². The number of aromatic amines is 1. The molecule has 25 heavy (non-hydrogen) atoms. The van der Waals surface area contributed by atoms with Gasteiger partial charge in [0.15, 0.2) is 0 Å². The van der Waals surface area contributed by atoms with Crippen molar-refractivity contribution in [3.63, 3.8) is 0 Å². The molecule has 2 aromatic rings. The van der Waals surface area contributed by atoms with Gasteiger partial charge in [0.25, 0.3) is 5.91 Å². The van der Waals surface area contributed by atoms with Gasteiger partial charge in [0.2, 0.25) is 5.91 Å². The van der Waals surface area contributed by atoms with Gasteiger partial charge in [-0.05, 0) is 50.2 Å². The number of amides is 2. The van der Waals surface area contributed by atoms with Crippen LogP contribution in [0, 0.1) is 5.41 Å². The second kappa shape index (κ2) is 6.06. The first-order chi connectivity index (χ1) is 12.0. The van der Waals surface area contributed by atoms with Crippen molar-refractivity contribution in [3.05, 3.63) is 35.0 Å². The molecular formula is C19H22ClN3O2. The number of aromatic nitrogens is 1. The molecule has 2 fully saturated rings. The molecular weight excluding hydrogens is 338 g/mol. The molecule has 1 saturated heterocycles. The van der Waals surface area contributed by atoms with Crippen LogP contribution in [0.25, 0.3) is 10.9 Å². The summed E-state index contributed by atoms with van der Waals surface area (Å²) >= 11 is 6.14. The van der Waals surface area contributed by atoms with Crippen molar-refractivity contribution in [2.75, 3.05) is 13.1 Å². The van der Waals surface area contributed by atoms with E-state index in [0.29, 0.717) is 16.1 Å². The number of nitrogens with one attached hydrogen (secondary N) is 2. The summed E-state index contributed by atoms with van der Waals surface area (Å²) in [4.78, 5) is 30.0. The monoisotopic (exact) mass is 359 g/mol. The Morgan fingerprint density at radius 1 is 1.24 bits per heavy atom. The Bertz CT molecular complexity index is 830. The largest absolute Gasteiger partial charge is 0.349 e. The SMILES string of the molecule is C[C@@H](NC(=O)c1cc2cccc(Cl)c2[nH]1)C(=O)N1CCC2(CC1)CC2. The molecule has 4 rings (SSSR count). The number of rotatable bonds is 3. The summed E-state index contributed by atoms with van der Waals surface area (Å²) in [5.41, 5.74) is 1.68. The van der Waals surface area contributed by atoms with Crippen molar-refractivity contribution in [2.45, 2.75) is 38.6 Å². The highest BCUT2D eigenvalue weighted by atomic mass is 35.5. The molecule has 1 aliphatic carbocycles. The molecule has 5 nitrogen and oxygen atoms in total. The van der Waals surface area contributed by atoms with Crippen LogP contribution in [0.15, 0.2) is 24.3 Å². The van der Waals surface area contributed by atoms with E-state index in [1.807, 2.05) is 17.0 Å². The predicted molar refractivity (Wildman–Crippen MR) is 97.7 cm³/mol. The topological polar surface area (TPSA) is 65.2 Å². The van der Waals surface area contributed by atoms with E-state index in [1.165, 1.54) is 12.8 Å². The van der Waals surface area contributed by atoms with Crippen molar-refractivity contribution in [2.24, 2.45) is 5.41 Å². The Balaban J connectivity index is 1.40. The van der Waals surface area contributed by atoms with Crippen LogP contribution in [0.3, 0.4) is 0 Å². The Hall–Kier alpha value is -2.01. The van der Waals surface area contributed by atoms with Gasteiger partial charge in [-0.3, -0.25) is 9.59 Å². The summed E-state index contributed by atoms with van der Waals surface area (Å²) in [7, 11) is 0. The number of benzene rings is 1. The summed E-state index contributed by atoms with van der Waals surface area (Å²) in [5.74, 6) is -0.290. The van der Waals surface area contributed by atoms with E-state index in [9.17, 15) is 9.59 Å². The molecule has 1 atom stereocenters. The maximum Gasteiger partial charge on any atom is 0.268 e. The molecule has 2 heterocycles. The summed E-state index contributed by atoms with van der Waals surface area (Å²) in [6.07, 6.45) is 4.81. The molecule has 2 aliphatic rings. The molecule has 1 aliphatic heterocycles. The number of hydrogen-bond donors (Lipinski definition) is 2. The van der Waals surface area contributed by atoms with E-state index in [0.717, 1.165) is 36.8 Å². The Morgan fingerprint density at radius 2 is 1.96 bits per heavy atom. The van der Waals surface area contributed by atoms with Gasteiger partial charge in [-0.1, -0.05) is 23.7 Å². The Labute approximate surface area is 151 Å². The van der Waals surface area contributed by atoms with E-state index in [2.05, 4.69) is 10.3 Å². The number of nitrogens with zero attached hydrogens (tertiary/aromatic N) is 1. The van der Waals surface area contributed by atoms with Gasteiger partial charge in [0.1, 0.15) is 11.7 Å². The molecule has 2 N–H and O–H groups in total. The summed E-state index contributed by atoms with van der Waals surface area (Å²) in [5, 5.41) is 4.25. The van der Waals surface area contributed by atoms with Crippen LogP contribution in [-0.2, 0) is 4.79 Å². The summed E-state index contributed by atoms with van der Waals surface area (Å²) < 4.78 is 0. The third kappa shape index (κ3) is 3.13. The number of likely N-dealkylation sites (tertiary alicyclic amines) is 1. The second-order valence-electron chi connectivity index (χ2n) is 7.41. The smallest absolute Gasteiger partial charge is 0.268 e. The van der Waals surface area contributed by atoms with Crippen LogP contribution in [0.1, 0.15) is 43.1 Å². The highest BCUT2D eigenvalue weighted by Gasteiger charge is 2.45. The average molecular weight is 360 g/mol. The molecule has 1 saturated carbocycles. The minimum absolute atomic E-state index is 0.00186. The number of H-pyrrole nitrogens is 1. The van der Waals surface area contributed by atoms with E-state index in [1.54, 1.807) is 19.1 Å². The van der Waals surface area contributed by atoms with Crippen molar-refractivity contribution < 1.29 is 9.59 Å². The lowest BCUT2D eigenvalue weighted by atomic mass is 9.93. The molecule has 132 valence electrons. The van der Waals surface area contributed by atoms with E-state index in [-0.39, 0.29) is 11.8 Å². The molecule has 0 radical (unpaired) electrons. The Morgan fingerprint density at radius 3 is 2.60 bits per heavy atom. The number of carbonyl (C=O) groups excluding carboxylic acids is 2. The number of para-hydroxylation sites is 1. The van der Waals surface area contributed by atoms with Crippen LogP contribution >= 0.6 is 11.6 Å². The van der Waals surface area contributed by atoms with E-state index >= 15 is 0 Å². The fraction of sp³-hybridized carbons (Fsp3) is 0.474. The standard InChI is InChI=1S/C19H22ClN3O2/c1-12(18(25)23-9-7-19(5-6-19)8-10-23)21-17(24)15-11-13-3-2-4-14(20)16(13)22-15/h2-4,11-12,22H,5-10H2,1H3,(H,21,24)/t12-/m1/s1. The fourth-order valence-corrected chi connectivity index (χ4v) is 3.96. The quantitative estimate of drug-likeness (QED) is 0.882. The molecule has 6 heteroatoms. The first kappa shape index (κ1) is 16.5. The molecule has 1 aromatic heterocycles. The Kier molecular flexibility index (Phi) is 3.99. The zero-order chi connectivity index (χ0) is 17.6. The molecule has 0 bridgehead atoms. The first-order valence-electron chi connectivity index (χ1n) is 8.84. The molecule has 0 unspecified atom stereocenters. The lowest BCUT2D eigenvalue weighted by Crippen LogP contribution is -2.49. The lowest BCUT2D eigenvalue weighted by molar-refractivity contribution is -0.134. The van der Waals surface area contributed by atoms with Gasteiger partial charge < -0.3 is 15.2 Å². The number of hydrogen-bond acceptors (Lipinski definition) is 2. The number of piperidine rings is 1. The van der Waals surface area contributed by atoms with Crippen molar-refractivity contribution in [1.82, 2.24) is 15.2 Å². The van der Waals surface area contributed by atoms with Gasteiger partial charge in [0, 0.05) is 18.5 Å². The van der Waals surface area contributed by atoms with Crippen LogP contribution in [0.5, 0.6) is 0 Å². The second-order valence-corrected chi connectivity index (χ2v) is 7.81. The summed E-state index contributed by atoms with van der Waals surface area (Å²) in [6.45, 7) is 3.36. The van der Waals surface area contributed by atoms with Gasteiger partial charge in [-0.2, -0.15) is 0 Å². The van der Waals surface area contributed by atoms with Gasteiger partial charge in [-0.25, -0.2) is 0 Å². The highest BCUT2D eigenvalue weighted by molar-refractivity contribution is 6.35. The predicted octanol–water partition coefficient (Wildman–Crippen LogP) is 3.34. The van der Waals surface area contributed by atoms with Gasteiger partial charge >= 0.3 is 0 Å². The zero-order valence-corrected chi connectivity index (χ0v) is 15.0. The maximum absolute atomic E-state index is 12.6. The number of fused-ring (bicyclic) bond motifs is 1. The first-order valence-corrected chi connectivity index (χ1v) is 9.22. The van der Waals surface area contributed by atoms with Crippen molar-refractivity contribution in [3.8, 4) is 0 Å². The summed E-state index contributed by atoms with van der Waals surface area (Å²) in [6, 6.07) is 6.73. The average Bonchev–Trinajstić information content (AvgIpc) is 3.20. The highest BCUT2D eigenvalue weighted by Crippen LogP contribution is 2.53. The van der Waals surface area contributed by atoms with E-state index < -0.39 is 6.04 Å². The van der Waals surface area contributed by atoms with Gasteiger partial charge in [-0.15, -0.1) is 0 Å². The molecule has 2 amide bonds. The third-order valence-electron chi connectivity index (χ3n) is 5.66. The third-order valence-corrected chi connectivity index (χ3v) is 5.98. The minimum Gasteiger partial charge on any atom is -0.349 e. The molecule has 1 aromatic carbocycles. The lowest BCUT2D eigenvalue weighted by Gasteiger charge is -2.33. The minimum atomic E-state index is -0.539. The zero-order valence-electron chi connectivity index (χ0n) is 14.3. The maximum atomic E-state index is 12.6. The van der Waals surface area contributed by atoms with Crippen LogP contribution in [0.4, 0.5) is 0 Å². The van der Waals surface area contributed by atoms with Crippen LogP contribution < -0.4 is 5.32 Å². The number of halogens is 1. The normalized spacial score (nSPS) is 19.8. The van der Waals surface area contributed by atoms with E-state index in [4.69, 9.17) is 11.6 Å².